The summed E-state index contributed by atoms with van der Waals surface area (Å²) in [7, 11) is -3.41. The lowest BCUT2D eigenvalue weighted by Crippen LogP contribution is -2.38. The molecule has 2 aliphatic heterocycles. The van der Waals surface area contributed by atoms with Gasteiger partial charge in [0.1, 0.15) is 0 Å². The van der Waals surface area contributed by atoms with Crippen LogP contribution >= 0.6 is 11.8 Å². The van der Waals surface area contributed by atoms with Crippen LogP contribution < -0.4 is 0 Å². The quantitative estimate of drug-likeness (QED) is 0.767. The third kappa shape index (κ3) is 2.90. The van der Waals surface area contributed by atoms with Crippen LogP contribution in [0.4, 0.5) is 0 Å². The second-order valence-corrected chi connectivity index (χ2v) is 9.71. The molecule has 2 atom stereocenters. The summed E-state index contributed by atoms with van der Waals surface area (Å²) in [5, 5.41) is 3.26. The first-order chi connectivity index (χ1) is 12.6. The molecule has 2 heterocycles. The molecule has 26 heavy (non-hydrogen) atoms. The SMILES string of the molecule is CCN(CC)S(=O)(=O)c1ccc(C2=CSC3=N[C@H]4CCCC[C@@H]4N23)cc1. The van der Waals surface area contributed by atoms with E-state index in [-0.39, 0.29) is 0 Å². The van der Waals surface area contributed by atoms with Crippen molar-refractivity contribution in [1.82, 2.24) is 9.21 Å². The van der Waals surface area contributed by atoms with E-state index in [2.05, 4.69) is 10.3 Å². The molecule has 3 aliphatic rings. The van der Waals surface area contributed by atoms with Gasteiger partial charge in [0.15, 0.2) is 5.17 Å². The average Bonchev–Trinajstić information content (AvgIpc) is 3.22. The molecule has 0 bridgehead atoms. The normalized spacial score (nSPS) is 25.1. The van der Waals surface area contributed by atoms with Gasteiger partial charge < -0.3 is 4.90 Å². The number of hydrogen-bond acceptors (Lipinski definition) is 5. The lowest BCUT2D eigenvalue weighted by molar-refractivity contribution is 0.305. The summed E-state index contributed by atoms with van der Waals surface area (Å²) in [6.07, 6.45) is 4.90. The zero-order valence-electron chi connectivity index (χ0n) is 15.3. The highest BCUT2D eigenvalue weighted by atomic mass is 32.2. The van der Waals surface area contributed by atoms with E-state index in [1.807, 2.05) is 26.0 Å². The summed E-state index contributed by atoms with van der Waals surface area (Å²) in [6.45, 7) is 4.70. The number of benzene rings is 1. The van der Waals surface area contributed by atoms with Crippen molar-refractivity contribution < 1.29 is 8.42 Å². The van der Waals surface area contributed by atoms with Crippen LogP contribution in [0, 0.1) is 0 Å². The van der Waals surface area contributed by atoms with Gasteiger partial charge in [-0.25, -0.2) is 8.42 Å². The molecule has 1 fully saturated rings. The minimum atomic E-state index is -3.41. The summed E-state index contributed by atoms with van der Waals surface area (Å²) in [4.78, 5) is 7.64. The van der Waals surface area contributed by atoms with Gasteiger partial charge in [-0.2, -0.15) is 4.31 Å². The largest absolute Gasteiger partial charge is 0.315 e. The number of sulfonamides is 1. The smallest absolute Gasteiger partial charge is 0.243 e. The van der Waals surface area contributed by atoms with Crippen LogP contribution in [0.15, 0.2) is 39.6 Å². The zero-order valence-corrected chi connectivity index (χ0v) is 16.9. The number of rotatable bonds is 5. The van der Waals surface area contributed by atoms with Crippen molar-refractivity contribution in [3.05, 3.63) is 35.2 Å². The highest BCUT2D eigenvalue weighted by Gasteiger charge is 2.42. The molecule has 0 aromatic heterocycles. The van der Waals surface area contributed by atoms with Crippen molar-refractivity contribution in [1.29, 1.82) is 0 Å². The van der Waals surface area contributed by atoms with E-state index in [0.29, 0.717) is 30.1 Å². The van der Waals surface area contributed by atoms with Gasteiger partial charge >= 0.3 is 0 Å². The molecule has 0 spiro atoms. The standard InChI is InChI=1S/C19H25N3O2S2/c1-3-21(4-2)26(23,24)15-11-9-14(10-12-15)18-13-25-19-20-16-7-5-6-8-17(16)22(18)19/h9-13,16-17H,3-8H2,1-2H3/t16-,17-/m0/s1. The second kappa shape index (κ2) is 7.02. The fourth-order valence-corrected chi connectivity index (χ4v) is 6.61. The maximum Gasteiger partial charge on any atom is 0.243 e. The lowest BCUT2D eigenvalue weighted by atomic mass is 9.90. The molecule has 0 saturated heterocycles. The van der Waals surface area contributed by atoms with Crippen molar-refractivity contribution in [2.45, 2.75) is 56.5 Å². The minimum absolute atomic E-state index is 0.363. The minimum Gasteiger partial charge on any atom is -0.315 e. The number of fused-ring (bicyclic) bond motifs is 3. The van der Waals surface area contributed by atoms with Gasteiger partial charge in [-0.05, 0) is 30.5 Å². The van der Waals surface area contributed by atoms with Crippen LogP contribution in [0.3, 0.4) is 0 Å². The highest BCUT2D eigenvalue weighted by Crippen LogP contribution is 2.44. The lowest BCUT2D eigenvalue weighted by Gasteiger charge is -2.32. The zero-order chi connectivity index (χ0) is 18.3. The Balaban J connectivity index is 1.59. The maximum absolute atomic E-state index is 12.7. The first kappa shape index (κ1) is 18.1. The molecule has 0 N–H and O–H groups in total. The Labute approximate surface area is 160 Å². The molecule has 0 radical (unpaired) electrons. The van der Waals surface area contributed by atoms with Gasteiger partial charge in [0.25, 0.3) is 0 Å². The topological polar surface area (TPSA) is 53.0 Å². The molecule has 4 rings (SSSR count). The van der Waals surface area contributed by atoms with E-state index in [0.717, 1.165) is 16.4 Å². The number of nitrogens with zero attached hydrogens (tertiary/aromatic N) is 3. The van der Waals surface area contributed by atoms with Gasteiger partial charge in [-0.1, -0.05) is 50.6 Å². The van der Waals surface area contributed by atoms with Gasteiger partial charge in [-0.15, -0.1) is 0 Å². The van der Waals surface area contributed by atoms with Gasteiger partial charge in [0.2, 0.25) is 10.0 Å². The van der Waals surface area contributed by atoms with E-state index in [1.165, 1.54) is 30.0 Å². The van der Waals surface area contributed by atoms with Gasteiger partial charge in [0.05, 0.1) is 22.7 Å². The van der Waals surface area contributed by atoms with E-state index in [4.69, 9.17) is 4.99 Å². The van der Waals surface area contributed by atoms with Crippen LogP contribution in [0.5, 0.6) is 0 Å². The monoisotopic (exact) mass is 391 g/mol. The fraction of sp³-hybridized carbons (Fsp3) is 0.526. The Morgan fingerprint density at radius 3 is 2.54 bits per heavy atom. The number of hydrogen-bond donors (Lipinski definition) is 0. The van der Waals surface area contributed by atoms with E-state index in [1.54, 1.807) is 23.9 Å². The Hall–Kier alpha value is -1.31. The van der Waals surface area contributed by atoms with Crippen molar-refractivity contribution in [2.75, 3.05) is 13.1 Å². The molecular weight excluding hydrogens is 366 g/mol. The van der Waals surface area contributed by atoms with Crippen LogP contribution in [-0.2, 0) is 10.0 Å². The summed E-state index contributed by atoms with van der Waals surface area (Å²) < 4.78 is 26.8. The number of aliphatic imine (C=N–C) groups is 1. The summed E-state index contributed by atoms with van der Waals surface area (Å²) >= 11 is 1.69. The number of amidine groups is 1. The van der Waals surface area contributed by atoms with Crippen LogP contribution in [0.2, 0.25) is 0 Å². The first-order valence-corrected chi connectivity index (χ1v) is 11.7. The Morgan fingerprint density at radius 1 is 1.15 bits per heavy atom. The molecule has 5 nitrogen and oxygen atoms in total. The first-order valence-electron chi connectivity index (χ1n) is 9.40. The predicted molar refractivity (Wildman–Crippen MR) is 107 cm³/mol. The molecule has 1 aliphatic carbocycles. The Morgan fingerprint density at radius 2 is 1.85 bits per heavy atom. The Bertz CT molecular complexity index is 842. The fourth-order valence-electron chi connectivity index (χ4n) is 4.14. The second-order valence-electron chi connectivity index (χ2n) is 6.94. The van der Waals surface area contributed by atoms with E-state index < -0.39 is 10.0 Å². The van der Waals surface area contributed by atoms with Crippen molar-refractivity contribution in [3.63, 3.8) is 0 Å². The van der Waals surface area contributed by atoms with Crippen LogP contribution in [0.1, 0.15) is 45.1 Å². The van der Waals surface area contributed by atoms with Crippen LogP contribution in [0.25, 0.3) is 5.70 Å². The van der Waals surface area contributed by atoms with Crippen molar-refractivity contribution >= 4 is 32.6 Å². The molecule has 0 unspecified atom stereocenters. The number of thioether (sulfide) groups is 1. The molecular formula is C19H25N3O2S2. The maximum atomic E-state index is 12.7. The third-order valence-corrected chi connectivity index (χ3v) is 8.45. The van der Waals surface area contributed by atoms with E-state index in [9.17, 15) is 8.42 Å². The summed E-state index contributed by atoms with van der Waals surface area (Å²) in [6, 6.07) is 8.23. The molecule has 0 amide bonds. The highest BCUT2D eigenvalue weighted by molar-refractivity contribution is 8.16. The molecule has 7 heteroatoms. The van der Waals surface area contributed by atoms with E-state index >= 15 is 0 Å². The van der Waals surface area contributed by atoms with Crippen LogP contribution in [-0.4, -0.2) is 48.0 Å². The van der Waals surface area contributed by atoms with Gasteiger partial charge in [-0.3, -0.25) is 4.99 Å². The molecule has 1 aromatic rings. The Kier molecular flexibility index (Phi) is 4.88. The average molecular weight is 392 g/mol. The summed E-state index contributed by atoms with van der Waals surface area (Å²) in [5.41, 5.74) is 2.22. The predicted octanol–water partition coefficient (Wildman–Crippen LogP) is 3.75. The third-order valence-electron chi connectivity index (χ3n) is 5.54. The molecule has 1 aromatic carbocycles. The van der Waals surface area contributed by atoms with Crippen molar-refractivity contribution in [2.24, 2.45) is 4.99 Å². The van der Waals surface area contributed by atoms with Gasteiger partial charge in [0, 0.05) is 18.5 Å². The molecule has 1 saturated carbocycles. The molecule has 140 valence electrons. The summed E-state index contributed by atoms with van der Waals surface area (Å²) in [5.74, 6) is 0. The van der Waals surface area contributed by atoms with Crippen molar-refractivity contribution in [3.8, 4) is 0 Å².